The van der Waals surface area contributed by atoms with E-state index in [0.29, 0.717) is 12.1 Å². The number of imide groups is 2. The van der Waals surface area contributed by atoms with Gasteiger partial charge in [-0.25, -0.2) is 9.69 Å². The number of carbonyl (C=O) groups excluding carboxylic acids is 3. The number of barbiturate groups is 1. The van der Waals surface area contributed by atoms with Crippen LogP contribution in [-0.2, 0) is 16.1 Å². The summed E-state index contributed by atoms with van der Waals surface area (Å²) in [5, 5.41) is 5.64. The first-order valence-electron chi connectivity index (χ1n) is 11.8. The van der Waals surface area contributed by atoms with E-state index >= 15 is 0 Å². The molecule has 0 atom stereocenters. The van der Waals surface area contributed by atoms with E-state index in [1.54, 1.807) is 12.1 Å². The monoisotopic (exact) mass is 539 g/mol. The van der Waals surface area contributed by atoms with E-state index in [-0.39, 0.29) is 21.3 Å². The third-order valence-electron chi connectivity index (χ3n) is 6.61. The largest absolute Gasteiger partial charge is 0.342 e. The molecule has 1 aliphatic rings. The van der Waals surface area contributed by atoms with Gasteiger partial charge in [-0.3, -0.25) is 14.9 Å². The van der Waals surface area contributed by atoms with Crippen LogP contribution in [0.25, 0.3) is 27.8 Å². The van der Waals surface area contributed by atoms with Crippen LogP contribution in [-0.4, -0.2) is 22.4 Å². The molecule has 186 valence electrons. The minimum absolute atomic E-state index is 0.0399. The number of fused-ring (bicyclic) bond motifs is 2. The Labute approximate surface area is 227 Å². The Hall–Kier alpha value is -4.39. The summed E-state index contributed by atoms with van der Waals surface area (Å²) in [6, 6.07) is 25.9. The Morgan fingerprint density at radius 2 is 1.50 bits per heavy atom. The summed E-state index contributed by atoms with van der Waals surface area (Å²) in [5.74, 6) is -1.56. The van der Waals surface area contributed by atoms with Gasteiger partial charge in [-0.15, -0.1) is 0 Å². The maximum atomic E-state index is 13.5. The highest BCUT2D eigenvalue weighted by atomic mass is 35.5. The standard InChI is InChI=1S/C30H19Cl2N3O3/c31-24-12-6-14-26(27(24)32)35-29(37)23(28(36)33-30(35)38)15-20-17-34(25-13-4-3-11-22(20)25)16-19-9-5-8-18-7-1-2-10-21(18)19/h1-15,17H,16H2,(H,33,36,38)/b23-15+. The molecule has 8 heteroatoms. The zero-order chi connectivity index (χ0) is 26.4. The van der Waals surface area contributed by atoms with Gasteiger partial charge in [0.25, 0.3) is 11.8 Å². The summed E-state index contributed by atoms with van der Waals surface area (Å²) in [5.41, 5.74) is 2.67. The molecule has 2 heterocycles. The third kappa shape index (κ3) is 4.04. The molecule has 1 N–H and O–H groups in total. The molecule has 0 spiro atoms. The van der Waals surface area contributed by atoms with Crippen LogP contribution in [0.5, 0.6) is 0 Å². The number of anilines is 1. The summed E-state index contributed by atoms with van der Waals surface area (Å²) in [7, 11) is 0. The van der Waals surface area contributed by atoms with Crippen molar-refractivity contribution in [1.29, 1.82) is 0 Å². The minimum atomic E-state index is -0.889. The topological polar surface area (TPSA) is 71.4 Å². The first kappa shape index (κ1) is 24.0. The zero-order valence-corrected chi connectivity index (χ0v) is 21.3. The molecule has 0 bridgehead atoms. The highest BCUT2D eigenvalue weighted by Gasteiger charge is 2.38. The van der Waals surface area contributed by atoms with Gasteiger partial charge in [0, 0.05) is 29.2 Å². The fourth-order valence-electron chi connectivity index (χ4n) is 4.83. The molecule has 6 nitrogen and oxygen atoms in total. The molecule has 6 rings (SSSR count). The lowest BCUT2D eigenvalue weighted by molar-refractivity contribution is -0.122. The molecular formula is C30H19Cl2N3O3. The Morgan fingerprint density at radius 3 is 2.34 bits per heavy atom. The molecule has 5 aromatic rings. The van der Waals surface area contributed by atoms with Crippen LogP contribution in [0.2, 0.25) is 10.0 Å². The molecule has 1 fully saturated rings. The molecule has 0 saturated carbocycles. The average Bonchev–Trinajstić information content (AvgIpc) is 3.26. The lowest BCUT2D eigenvalue weighted by Crippen LogP contribution is -2.54. The summed E-state index contributed by atoms with van der Waals surface area (Å²) >= 11 is 12.4. The summed E-state index contributed by atoms with van der Waals surface area (Å²) in [6.45, 7) is 0.591. The number of rotatable bonds is 4. The number of nitrogens with zero attached hydrogens (tertiary/aromatic N) is 2. The Bertz CT molecular complexity index is 1820. The van der Waals surface area contributed by atoms with Crippen LogP contribution < -0.4 is 10.2 Å². The van der Waals surface area contributed by atoms with Crippen molar-refractivity contribution in [3.8, 4) is 0 Å². The summed E-state index contributed by atoms with van der Waals surface area (Å²) in [4.78, 5) is 39.8. The first-order valence-corrected chi connectivity index (χ1v) is 12.6. The van der Waals surface area contributed by atoms with Crippen LogP contribution in [0.1, 0.15) is 11.1 Å². The average molecular weight is 540 g/mol. The number of hydrogen-bond acceptors (Lipinski definition) is 3. The number of aromatic nitrogens is 1. The number of nitrogens with one attached hydrogen (secondary N) is 1. The van der Waals surface area contributed by atoms with Crippen LogP contribution in [0, 0.1) is 0 Å². The maximum absolute atomic E-state index is 13.5. The second kappa shape index (κ2) is 9.49. The molecule has 4 amide bonds. The summed E-state index contributed by atoms with van der Waals surface area (Å²) in [6.07, 6.45) is 3.42. The van der Waals surface area contributed by atoms with Crippen molar-refractivity contribution in [1.82, 2.24) is 9.88 Å². The van der Waals surface area contributed by atoms with Gasteiger partial charge in [0.1, 0.15) is 5.57 Å². The molecule has 0 radical (unpaired) electrons. The predicted octanol–water partition coefficient (Wildman–Crippen LogP) is 6.82. The number of benzene rings is 4. The van der Waals surface area contributed by atoms with E-state index in [4.69, 9.17) is 23.2 Å². The molecule has 1 aliphatic heterocycles. The molecule has 1 saturated heterocycles. The predicted molar refractivity (Wildman–Crippen MR) is 150 cm³/mol. The van der Waals surface area contributed by atoms with Crippen LogP contribution in [0.15, 0.2) is 96.7 Å². The van der Waals surface area contributed by atoms with Crippen LogP contribution in [0.4, 0.5) is 10.5 Å². The van der Waals surface area contributed by atoms with Crippen molar-refractivity contribution in [2.45, 2.75) is 6.54 Å². The highest BCUT2D eigenvalue weighted by Crippen LogP contribution is 2.35. The fourth-order valence-corrected chi connectivity index (χ4v) is 5.21. The van der Waals surface area contributed by atoms with Crippen LogP contribution in [0.3, 0.4) is 0 Å². The van der Waals surface area contributed by atoms with E-state index in [1.807, 2.05) is 48.7 Å². The number of carbonyl (C=O) groups is 3. The first-order chi connectivity index (χ1) is 18.4. The van der Waals surface area contributed by atoms with E-state index in [9.17, 15) is 14.4 Å². The van der Waals surface area contributed by atoms with Crippen molar-refractivity contribution < 1.29 is 14.4 Å². The Balaban J connectivity index is 1.44. The van der Waals surface area contributed by atoms with Gasteiger partial charge in [0.15, 0.2) is 0 Å². The lowest BCUT2D eigenvalue weighted by Gasteiger charge is -2.27. The van der Waals surface area contributed by atoms with E-state index in [0.717, 1.165) is 32.1 Å². The van der Waals surface area contributed by atoms with Gasteiger partial charge in [-0.1, -0.05) is 89.9 Å². The number of amides is 4. The smallest absolute Gasteiger partial charge is 0.336 e. The van der Waals surface area contributed by atoms with Crippen molar-refractivity contribution in [2.24, 2.45) is 0 Å². The second-order valence-corrected chi connectivity index (χ2v) is 9.68. The van der Waals surface area contributed by atoms with Crippen LogP contribution >= 0.6 is 23.2 Å². The Kier molecular flexibility index (Phi) is 5.98. The van der Waals surface area contributed by atoms with Crippen molar-refractivity contribution in [2.75, 3.05) is 4.90 Å². The zero-order valence-electron chi connectivity index (χ0n) is 19.8. The quantitative estimate of drug-likeness (QED) is 0.201. The lowest BCUT2D eigenvalue weighted by atomic mass is 10.0. The molecule has 0 aliphatic carbocycles. The van der Waals surface area contributed by atoms with E-state index in [1.165, 1.54) is 12.1 Å². The van der Waals surface area contributed by atoms with Gasteiger partial charge in [0.2, 0.25) is 0 Å². The number of urea groups is 1. The number of halogens is 2. The van der Waals surface area contributed by atoms with Crippen molar-refractivity contribution in [3.05, 3.63) is 118 Å². The second-order valence-electron chi connectivity index (χ2n) is 8.90. The normalized spacial score (nSPS) is 15.1. The molecule has 38 heavy (non-hydrogen) atoms. The van der Waals surface area contributed by atoms with Gasteiger partial charge in [0.05, 0.1) is 15.7 Å². The molecule has 0 unspecified atom stereocenters. The van der Waals surface area contributed by atoms with Gasteiger partial charge >= 0.3 is 6.03 Å². The molecule has 4 aromatic carbocycles. The van der Waals surface area contributed by atoms with Crippen molar-refractivity contribution >= 4 is 74.5 Å². The fraction of sp³-hybridized carbons (Fsp3) is 0.0333. The maximum Gasteiger partial charge on any atom is 0.336 e. The van der Waals surface area contributed by atoms with Gasteiger partial charge in [-0.2, -0.15) is 0 Å². The van der Waals surface area contributed by atoms with Gasteiger partial charge in [-0.05, 0) is 40.6 Å². The van der Waals surface area contributed by atoms with E-state index < -0.39 is 17.8 Å². The van der Waals surface area contributed by atoms with E-state index in [2.05, 4.69) is 34.1 Å². The highest BCUT2D eigenvalue weighted by molar-refractivity contribution is 6.46. The summed E-state index contributed by atoms with van der Waals surface area (Å²) < 4.78 is 2.09. The third-order valence-corrected chi connectivity index (χ3v) is 7.42. The number of hydrogen-bond donors (Lipinski definition) is 1. The van der Waals surface area contributed by atoms with Crippen molar-refractivity contribution in [3.63, 3.8) is 0 Å². The number of para-hydroxylation sites is 1. The Morgan fingerprint density at radius 1 is 0.789 bits per heavy atom. The molecule has 1 aromatic heterocycles. The van der Waals surface area contributed by atoms with Gasteiger partial charge < -0.3 is 4.57 Å². The molecular weight excluding hydrogens is 521 g/mol. The SMILES string of the molecule is O=C1NC(=O)N(c2cccc(Cl)c2Cl)C(=O)/C1=C/c1cn(Cc2cccc3ccccc23)c2ccccc12. The minimum Gasteiger partial charge on any atom is -0.342 e.